The van der Waals surface area contributed by atoms with Crippen LogP contribution in [0, 0.1) is 6.92 Å². The highest BCUT2D eigenvalue weighted by atomic mass is 32.2. The molecule has 10 heteroatoms. The average Bonchev–Trinajstić information content (AvgIpc) is 3.03. The van der Waals surface area contributed by atoms with Crippen molar-refractivity contribution in [3.63, 3.8) is 0 Å². The maximum atomic E-state index is 12.9. The Morgan fingerprint density at radius 3 is 2.06 bits per heavy atom. The third-order valence-electron chi connectivity index (χ3n) is 5.38. The molecule has 0 aliphatic rings. The van der Waals surface area contributed by atoms with Crippen molar-refractivity contribution >= 4 is 31.1 Å². The van der Waals surface area contributed by atoms with Gasteiger partial charge in [0, 0.05) is 27.2 Å². The lowest BCUT2D eigenvalue weighted by atomic mass is 10.2. The second kappa shape index (κ2) is 8.70. The van der Waals surface area contributed by atoms with Crippen LogP contribution in [0.2, 0.25) is 0 Å². The molecule has 3 aromatic rings. The zero-order valence-electron chi connectivity index (χ0n) is 18.4. The van der Waals surface area contributed by atoms with Crippen molar-refractivity contribution in [3.8, 4) is 0 Å². The van der Waals surface area contributed by atoms with E-state index in [9.17, 15) is 16.8 Å². The minimum Gasteiger partial charge on any atom is -0.330 e. The first-order chi connectivity index (χ1) is 14.5. The summed E-state index contributed by atoms with van der Waals surface area (Å²) in [5.41, 5.74) is 2.22. The first-order valence-electron chi connectivity index (χ1n) is 10.0. The topological polar surface area (TPSA) is 92.6 Å². The fourth-order valence-electron chi connectivity index (χ4n) is 3.42. The molecule has 168 valence electrons. The number of sulfonamides is 2. The number of hydrogen-bond acceptors (Lipinski definition) is 5. The molecule has 0 aliphatic carbocycles. The van der Waals surface area contributed by atoms with Crippen molar-refractivity contribution in [3.05, 3.63) is 53.9 Å². The van der Waals surface area contributed by atoms with Gasteiger partial charge in [0.25, 0.3) is 0 Å². The van der Waals surface area contributed by atoms with Crippen LogP contribution in [0.3, 0.4) is 0 Å². The molecule has 0 saturated heterocycles. The Kier molecular flexibility index (Phi) is 6.56. The fraction of sp³-hybridized carbons (Fsp3) is 0.381. The van der Waals surface area contributed by atoms with Crippen LogP contribution in [-0.4, -0.2) is 55.1 Å². The Bertz CT molecular complexity index is 1290. The summed E-state index contributed by atoms with van der Waals surface area (Å²) in [6, 6.07) is 11.5. The molecular formula is C21H28N4O4S2. The lowest BCUT2D eigenvalue weighted by Crippen LogP contribution is -2.30. The number of aryl methyl sites for hydroxylation is 2. The molecule has 0 bridgehead atoms. The number of benzene rings is 2. The zero-order chi connectivity index (χ0) is 23.0. The van der Waals surface area contributed by atoms with Gasteiger partial charge in [-0.3, -0.25) is 0 Å². The summed E-state index contributed by atoms with van der Waals surface area (Å²) in [5, 5.41) is 0. The van der Waals surface area contributed by atoms with E-state index in [4.69, 9.17) is 0 Å². The summed E-state index contributed by atoms with van der Waals surface area (Å²) in [7, 11) is -3.99. The molecule has 0 unspecified atom stereocenters. The van der Waals surface area contributed by atoms with E-state index in [1.807, 2.05) is 6.92 Å². The number of nitrogens with zero attached hydrogens (tertiary/aromatic N) is 4. The molecule has 0 N–H and O–H groups in total. The normalized spacial score (nSPS) is 12.9. The summed E-state index contributed by atoms with van der Waals surface area (Å²) in [5.74, 6) is 0.519. The number of fused-ring (bicyclic) bond motifs is 1. The van der Waals surface area contributed by atoms with Crippen LogP contribution in [0.5, 0.6) is 0 Å². The summed E-state index contributed by atoms with van der Waals surface area (Å²) >= 11 is 0. The van der Waals surface area contributed by atoms with Gasteiger partial charge in [0.1, 0.15) is 5.82 Å². The molecule has 0 fully saturated rings. The number of aromatic nitrogens is 2. The third kappa shape index (κ3) is 4.38. The Balaban J connectivity index is 1.95. The van der Waals surface area contributed by atoms with Crippen LogP contribution in [0.25, 0.3) is 11.0 Å². The standard InChI is InChI=1S/C21H28N4O4S2/c1-6-25(7-2)31(28,29)18-12-13-20-19(14-18)22-21(24(20)5)15-23(4)30(26,27)17-10-8-16(3)9-11-17/h8-14H,6-7,15H2,1-5H3. The lowest BCUT2D eigenvalue weighted by Gasteiger charge is -2.18. The summed E-state index contributed by atoms with van der Waals surface area (Å²) in [4.78, 5) is 4.92. The second-order valence-electron chi connectivity index (χ2n) is 7.40. The van der Waals surface area contributed by atoms with E-state index >= 15 is 0 Å². The zero-order valence-corrected chi connectivity index (χ0v) is 20.0. The molecule has 3 rings (SSSR count). The maximum absolute atomic E-state index is 12.9. The van der Waals surface area contributed by atoms with E-state index in [2.05, 4.69) is 4.98 Å². The van der Waals surface area contributed by atoms with Crippen LogP contribution in [0.15, 0.2) is 52.3 Å². The van der Waals surface area contributed by atoms with Crippen molar-refractivity contribution in [2.24, 2.45) is 7.05 Å². The van der Waals surface area contributed by atoms with Gasteiger partial charge in [-0.1, -0.05) is 31.5 Å². The van der Waals surface area contributed by atoms with Crippen molar-refractivity contribution in [2.45, 2.75) is 37.1 Å². The SMILES string of the molecule is CCN(CC)S(=O)(=O)c1ccc2c(c1)nc(CN(C)S(=O)(=O)c1ccc(C)cc1)n2C. The molecule has 0 spiro atoms. The van der Waals surface area contributed by atoms with Gasteiger partial charge in [-0.2, -0.15) is 8.61 Å². The van der Waals surface area contributed by atoms with Crippen LogP contribution < -0.4 is 0 Å². The Hall–Kier alpha value is -2.27. The van der Waals surface area contributed by atoms with E-state index < -0.39 is 20.0 Å². The average molecular weight is 465 g/mol. The molecule has 2 aromatic carbocycles. The lowest BCUT2D eigenvalue weighted by molar-refractivity contribution is 0.445. The van der Waals surface area contributed by atoms with Gasteiger partial charge < -0.3 is 4.57 Å². The minimum atomic E-state index is -3.68. The van der Waals surface area contributed by atoms with E-state index in [0.717, 1.165) is 11.1 Å². The van der Waals surface area contributed by atoms with Crippen molar-refractivity contribution in [1.29, 1.82) is 0 Å². The van der Waals surface area contributed by atoms with Crippen LogP contribution in [-0.2, 0) is 33.6 Å². The molecule has 0 atom stereocenters. The highest BCUT2D eigenvalue weighted by Gasteiger charge is 2.25. The number of rotatable bonds is 8. The van der Waals surface area contributed by atoms with Crippen molar-refractivity contribution in [1.82, 2.24) is 18.2 Å². The Labute approximate surface area is 184 Å². The van der Waals surface area contributed by atoms with E-state index in [-0.39, 0.29) is 16.3 Å². The fourth-order valence-corrected chi connectivity index (χ4v) is 6.02. The largest absolute Gasteiger partial charge is 0.330 e. The molecule has 31 heavy (non-hydrogen) atoms. The third-order valence-corrected chi connectivity index (χ3v) is 9.24. The molecule has 0 amide bonds. The summed E-state index contributed by atoms with van der Waals surface area (Å²) in [6.45, 7) is 6.30. The van der Waals surface area contributed by atoms with E-state index in [0.29, 0.717) is 24.4 Å². The molecule has 0 radical (unpaired) electrons. The monoisotopic (exact) mass is 464 g/mol. The van der Waals surface area contributed by atoms with E-state index in [1.165, 1.54) is 15.7 Å². The van der Waals surface area contributed by atoms with Gasteiger partial charge in [0.15, 0.2) is 0 Å². The summed E-state index contributed by atoms with van der Waals surface area (Å²) < 4.78 is 55.9. The first kappa shape index (κ1) is 23.4. The Morgan fingerprint density at radius 1 is 0.903 bits per heavy atom. The highest BCUT2D eigenvalue weighted by molar-refractivity contribution is 7.89. The highest BCUT2D eigenvalue weighted by Crippen LogP contribution is 2.24. The quantitative estimate of drug-likeness (QED) is 0.511. The Morgan fingerprint density at radius 2 is 1.48 bits per heavy atom. The van der Waals surface area contributed by atoms with Crippen LogP contribution in [0.1, 0.15) is 25.2 Å². The van der Waals surface area contributed by atoms with Crippen molar-refractivity contribution < 1.29 is 16.8 Å². The van der Waals surface area contributed by atoms with Gasteiger partial charge in [-0.15, -0.1) is 0 Å². The molecule has 1 heterocycles. The van der Waals surface area contributed by atoms with Gasteiger partial charge >= 0.3 is 0 Å². The molecular weight excluding hydrogens is 436 g/mol. The van der Waals surface area contributed by atoms with Gasteiger partial charge in [0.05, 0.1) is 27.4 Å². The molecule has 8 nitrogen and oxygen atoms in total. The minimum absolute atomic E-state index is 0.0551. The van der Waals surface area contributed by atoms with Gasteiger partial charge in [-0.05, 0) is 37.3 Å². The smallest absolute Gasteiger partial charge is 0.243 e. The predicted octanol–water partition coefficient (Wildman–Crippen LogP) is 2.73. The number of imidazole rings is 1. The van der Waals surface area contributed by atoms with Crippen molar-refractivity contribution in [2.75, 3.05) is 20.1 Å². The van der Waals surface area contributed by atoms with Crippen LogP contribution >= 0.6 is 0 Å². The summed E-state index contributed by atoms with van der Waals surface area (Å²) in [6.07, 6.45) is 0. The van der Waals surface area contributed by atoms with Crippen LogP contribution in [0.4, 0.5) is 0 Å². The van der Waals surface area contributed by atoms with E-state index in [1.54, 1.807) is 67.9 Å². The van der Waals surface area contributed by atoms with Gasteiger partial charge in [0.2, 0.25) is 20.0 Å². The number of hydrogen-bond donors (Lipinski definition) is 0. The molecule has 1 aromatic heterocycles. The predicted molar refractivity (Wildman–Crippen MR) is 121 cm³/mol. The molecule has 0 saturated carbocycles. The van der Waals surface area contributed by atoms with Gasteiger partial charge in [-0.25, -0.2) is 21.8 Å². The first-order valence-corrected chi connectivity index (χ1v) is 12.9. The second-order valence-corrected chi connectivity index (χ2v) is 11.4. The maximum Gasteiger partial charge on any atom is 0.243 e. The molecule has 0 aliphatic heterocycles.